The lowest BCUT2D eigenvalue weighted by atomic mass is 9.87. The normalized spacial score (nSPS) is 38.6. The fourth-order valence-electron chi connectivity index (χ4n) is 2.64. The number of benzene rings is 1. The summed E-state index contributed by atoms with van der Waals surface area (Å²) in [4.78, 5) is 0. The van der Waals surface area contributed by atoms with Crippen molar-refractivity contribution in [3.63, 3.8) is 0 Å². The third kappa shape index (κ3) is 2.67. The zero-order valence-electron chi connectivity index (χ0n) is 11.7. The van der Waals surface area contributed by atoms with Crippen molar-refractivity contribution >= 4 is 0 Å². The molecule has 1 saturated heterocycles. The molecule has 1 aliphatic heterocycles. The molecule has 1 aliphatic rings. The van der Waals surface area contributed by atoms with Crippen LogP contribution < -0.4 is 0 Å². The van der Waals surface area contributed by atoms with Crippen molar-refractivity contribution in [3.8, 4) is 0 Å². The first-order valence-corrected chi connectivity index (χ1v) is 6.57. The van der Waals surface area contributed by atoms with Gasteiger partial charge in [-0.25, -0.2) is 0 Å². The minimum Gasteiger partial charge on any atom is -0.393 e. The molecule has 4 nitrogen and oxygen atoms in total. The molecule has 1 aromatic rings. The Kier molecular flexibility index (Phi) is 3.97. The molecular weight excluding hydrogens is 244 g/mol. The summed E-state index contributed by atoms with van der Waals surface area (Å²) in [6.45, 7) is 5.44. The molecule has 2 N–H and O–H groups in total. The van der Waals surface area contributed by atoms with Crippen molar-refractivity contribution in [1.29, 1.82) is 0 Å². The van der Waals surface area contributed by atoms with Gasteiger partial charge in [-0.2, -0.15) is 0 Å². The lowest BCUT2D eigenvalue weighted by Gasteiger charge is -2.33. The van der Waals surface area contributed by atoms with Gasteiger partial charge >= 0.3 is 0 Å². The van der Waals surface area contributed by atoms with Crippen molar-refractivity contribution < 1.29 is 19.7 Å². The summed E-state index contributed by atoms with van der Waals surface area (Å²) in [5.74, 6) is 0. The monoisotopic (exact) mass is 266 g/mol. The molecule has 1 aromatic carbocycles. The third-order valence-corrected chi connectivity index (χ3v) is 3.93. The minimum atomic E-state index is -1.12. The molecule has 0 unspecified atom stereocenters. The fourth-order valence-corrected chi connectivity index (χ4v) is 2.64. The first kappa shape index (κ1) is 14.5. The number of rotatable bonds is 4. The van der Waals surface area contributed by atoms with Crippen LogP contribution in [0.2, 0.25) is 0 Å². The van der Waals surface area contributed by atoms with Gasteiger partial charge in [0.2, 0.25) is 0 Å². The summed E-state index contributed by atoms with van der Waals surface area (Å²) in [6.07, 6.45) is -0.953. The van der Waals surface area contributed by atoms with Crippen LogP contribution in [0.25, 0.3) is 0 Å². The van der Waals surface area contributed by atoms with Gasteiger partial charge in [0.1, 0.15) is 17.3 Å². The molecule has 2 rings (SSSR count). The highest BCUT2D eigenvalue weighted by Crippen LogP contribution is 2.40. The average Bonchev–Trinajstić information content (AvgIpc) is 2.56. The smallest absolute Gasteiger partial charge is 0.120 e. The van der Waals surface area contributed by atoms with Gasteiger partial charge < -0.3 is 19.7 Å². The Hall–Kier alpha value is -0.940. The van der Waals surface area contributed by atoms with Gasteiger partial charge in [-0.05, 0) is 26.3 Å². The van der Waals surface area contributed by atoms with E-state index in [1.165, 1.54) is 0 Å². The largest absolute Gasteiger partial charge is 0.393 e. The second kappa shape index (κ2) is 5.21. The van der Waals surface area contributed by atoms with Gasteiger partial charge in [0.05, 0.1) is 19.3 Å². The Bertz CT molecular complexity index is 417. The molecule has 0 saturated carbocycles. The van der Waals surface area contributed by atoms with Crippen molar-refractivity contribution in [1.82, 2.24) is 0 Å². The number of hydrogen-bond donors (Lipinski definition) is 2. The maximum Gasteiger partial charge on any atom is 0.120 e. The van der Waals surface area contributed by atoms with Crippen LogP contribution in [0.4, 0.5) is 0 Å². The quantitative estimate of drug-likeness (QED) is 0.867. The summed E-state index contributed by atoms with van der Waals surface area (Å²) < 4.78 is 11.5. The van der Waals surface area contributed by atoms with Crippen LogP contribution in [0.15, 0.2) is 30.3 Å². The predicted molar refractivity (Wildman–Crippen MR) is 71.7 cm³/mol. The molecular formula is C15H22O4. The molecule has 4 atom stereocenters. The molecule has 0 amide bonds. The van der Waals surface area contributed by atoms with Crippen LogP contribution in [0.5, 0.6) is 0 Å². The van der Waals surface area contributed by atoms with Crippen LogP contribution >= 0.6 is 0 Å². The van der Waals surface area contributed by atoms with E-state index in [2.05, 4.69) is 0 Å². The Morgan fingerprint density at radius 2 is 1.89 bits per heavy atom. The van der Waals surface area contributed by atoms with Crippen LogP contribution in [0.3, 0.4) is 0 Å². The number of ether oxygens (including phenoxy) is 2. The van der Waals surface area contributed by atoms with Crippen LogP contribution in [0.1, 0.15) is 26.3 Å². The average molecular weight is 266 g/mol. The molecule has 19 heavy (non-hydrogen) atoms. The van der Waals surface area contributed by atoms with Crippen molar-refractivity contribution in [2.75, 3.05) is 6.61 Å². The molecule has 0 aliphatic carbocycles. The first-order valence-electron chi connectivity index (χ1n) is 6.57. The Balaban J connectivity index is 2.12. The predicted octanol–water partition coefficient (Wildman–Crippen LogP) is 1.49. The van der Waals surface area contributed by atoms with Gasteiger partial charge in [-0.15, -0.1) is 0 Å². The molecule has 106 valence electrons. The molecule has 1 heterocycles. The van der Waals surface area contributed by atoms with E-state index in [0.717, 1.165) is 5.56 Å². The summed E-state index contributed by atoms with van der Waals surface area (Å²) >= 11 is 0. The molecule has 0 bridgehead atoms. The summed E-state index contributed by atoms with van der Waals surface area (Å²) in [7, 11) is 0. The van der Waals surface area contributed by atoms with Crippen LogP contribution in [-0.2, 0) is 16.1 Å². The van der Waals surface area contributed by atoms with E-state index in [1.807, 2.05) is 30.3 Å². The maximum absolute atomic E-state index is 10.5. The maximum atomic E-state index is 10.5. The van der Waals surface area contributed by atoms with E-state index in [-0.39, 0.29) is 12.7 Å². The van der Waals surface area contributed by atoms with E-state index >= 15 is 0 Å². The summed E-state index contributed by atoms with van der Waals surface area (Å²) in [6, 6.07) is 9.75. The van der Waals surface area contributed by atoms with Gasteiger partial charge in [0.25, 0.3) is 0 Å². The van der Waals surface area contributed by atoms with Gasteiger partial charge in [-0.1, -0.05) is 30.3 Å². The van der Waals surface area contributed by atoms with E-state index in [0.29, 0.717) is 6.61 Å². The zero-order chi connectivity index (χ0) is 14.1. The number of hydrogen-bond acceptors (Lipinski definition) is 4. The molecule has 4 heteroatoms. The van der Waals surface area contributed by atoms with Crippen molar-refractivity contribution in [2.24, 2.45) is 0 Å². The summed E-state index contributed by atoms with van der Waals surface area (Å²) in [5, 5.41) is 20.0. The number of aliphatic hydroxyl groups is 2. The van der Waals surface area contributed by atoms with Gasteiger partial charge in [0.15, 0.2) is 0 Å². The summed E-state index contributed by atoms with van der Waals surface area (Å²) in [5.41, 5.74) is -0.970. The second-order valence-corrected chi connectivity index (χ2v) is 5.63. The Morgan fingerprint density at radius 1 is 1.26 bits per heavy atom. The highest BCUT2D eigenvalue weighted by molar-refractivity contribution is 5.14. The molecule has 0 aromatic heterocycles. The van der Waals surface area contributed by atoms with Gasteiger partial charge in [-0.3, -0.25) is 0 Å². The minimum absolute atomic E-state index is 0.188. The standard InChI is InChI=1S/C15H22O4/c1-11-15(3,17)13(14(2,10-16)19-11)18-9-12-7-5-4-6-8-12/h4-8,11,13,16-17H,9-10H2,1-3H3/t11-,13-,14+,15+/m1/s1. The molecule has 1 fully saturated rings. The molecule has 0 spiro atoms. The molecule has 0 radical (unpaired) electrons. The topological polar surface area (TPSA) is 58.9 Å². The van der Waals surface area contributed by atoms with E-state index < -0.39 is 17.3 Å². The highest BCUT2D eigenvalue weighted by atomic mass is 16.6. The first-order chi connectivity index (χ1) is 8.90. The Morgan fingerprint density at radius 3 is 2.47 bits per heavy atom. The number of aliphatic hydroxyl groups excluding tert-OH is 1. The van der Waals surface area contributed by atoms with Crippen LogP contribution in [-0.4, -0.2) is 40.2 Å². The lowest BCUT2D eigenvalue weighted by molar-refractivity contribution is -0.132. The third-order valence-electron chi connectivity index (χ3n) is 3.93. The van der Waals surface area contributed by atoms with Crippen molar-refractivity contribution in [3.05, 3.63) is 35.9 Å². The highest BCUT2D eigenvalue weighted by Gasteiger charge is 2.58. The van der Waals surface area contributed by atoms with Gasteiger partial charge in [0, 0.05) is 0 Å². The van der Waals surface area contributed by atoms with E-state index in [9.17, 15) is 10.2 Å². The zero-order valence-corrected chi connectivity index (χ0v) is 11.7. The lowest BCUT2D eigenvalue weighted by Crippen LogP contribution is -2.51. The van der Waals surface area contributed by atoms with E-state index in [1.54, 1.807) is 20.8 Å². The fraction of sp³-hybridized carbons (Fsp3) is 0.600. The second-order valence-electron chi connectivity index (χ2n) is 5.63. The van der Waals surface area contributed by atoms with Crippen molar-refractivity contribution in [2.45, 2.75) is 50.8 Å². The van der Waals surface area contributed by atoms with Crippen LogP contribution in [0, 0.1) is 0 Å². The Labute approximate surface area is 114 Å². The van der Waals surface area contributed by atoms with E-state index in [4.69, 9.17) is 9.47 Å². The SMILES string of the molecule is C[C@H]1O[C@@](C)(CO)[C@@H](OCc2ccccc2)[C@@]1(C)O.